The number of hydrogen-bond donors (Lipinski definition) is 2. The largest absolute Gasteiger partial charge is 0.395 e. The summed E-state index contributed by atoms with van der Waals surface area (Å²) in [6.45, 7) is 4.87. The van der Waals surface area contributed by atoms with E-state index in [1.807, 2.05) is 0 Å². The van der Waals surface area contributed by atoms with Crippen LogP contribution in [0.25, 0.3) is 0 Å². The fourth-order valence-corrected chi connectivity index (χ4v) is 2.87. The van der Waals surface area contributed by atoms with Gasteiger partial charge in [0.15, 0.2) is 0 Å². The van der Waals surface area contributed by atoms with E-state index < -0.39 is 0 Å². The van der Waals surface area contributed by atoms with E-state index in [1.165, 1.54) is 24.4 Å². The smallest absolute Gasteiger partial charge is 0.205 e. The molecule has 1 aliphatic heterocycles. The van der Waals surface area contributed by atoms with Crippen LogP contribution in [0.3, 0.4) is 0 Å². The van der Waals surface area contributed by atoms with Crippen molar-refractivity contribution >= 4 is 16.7 Å². The van der Waals surface area contributed by atoms with Crippen LogP contribution < -0.4 is 10.2 Å². The van der Waals surface area contributed by atoms with E-state index in [1.54, 1.807) is 0 Å². The lowest BCUT2D eigenvalue weighted by Gasteiger charge is -2.23. The van der Waals surface area contributed by atoms with Crippen LogP contribution in [-0.2, 0) is 6.42 Å². The van der Waals surface area contributed by atoms with E-state index in [2.05, 4.69) is 26.5 Å². The lowest BCUT2D eigenvalue weighted by atomic mass is 10.2. The summed E-state index contributed by atoms with van der Waals surface area (Å²) < 4.78 is 4.30. The van der Waals surface area contributed by atoms with Gasteiger partial charge >= 0.3 is 0 Å². The van der Waals surface area contributed by atoms with Crippen molar-refractivity contribution in [1.82, 2.24) is 14.7 Å². The maximum absolute atomic E-state index is 9.13. The number of rotatable bonds is 6. The van der Waals surface area contributed by atoms with Crippen molar-refractivity contribution in [2.75, 3.05) is 31.1 Å². The quantitative estimate of drug-likeness (QED) is 0.782. The lowest BCUT2D eigenvalue weighted by Crippen LogP contribution is -2.39. The first-order valence-electron chi connectivity index (χ1n) is 6.25. The molecule has 2 N–H and O–H groups in total. The molecule has 6 heteroatoms. The second kappa shape index (κ2) is 6.28. The zero-order valence-corrected chi connectivity index (χ0v) is 11.0. The van der Waals surface area contributed by atoms with Crippen molar-refractivity contribution < 1.29 is 5.11 Å². The summed E-state index contributed by atoms with van der Waals surface area (Å²) in [5.74, 6) is 0.896. The van der Waals surface area contributed by atoms with Gasteiger partial charge in [-0.25, -0.2) is 4.98 Å². The van der Waals surface area contributed by atoms with Gasteiger partial charge in [0, 0.05) is 37.1 Å². The molecule has 0 aliphatic carbocycles. The number of aromatic nitrogens is 2. The van der Waals surface area contributed by atoms with Gasteiger partial charge in [-0.1, -0.05) is 6.92 Å². The molecule has 0 amide bonds. The van der Waals surface area contributed by atoms with Gasteiger partial charge < -0.3 is 15.3 Å². The fourth-order valence-electron chi connectivity index (χ4n) is 2.08. The van der Waals surface area contributed by atoms with Crippen molar-refractivity contribution in [1.29, 1.82) is 0 Å². The van der Waals surface area contributed by atoms with Crippen LogP contribution in [0.15, 0.2) is 0 Å². The molecule has 17 heavy (non-hydrogen) atoms. The molecule has 1 aromatic rings. The van der Waals surface area contributed by atoms with Gasteiger partial charge in [-0.3, -0.25) is 0 Å². The van der Waals surface area contributed by atoms with Crippen molar-refractivity contribution in [2.45, 2.75) is 32.2 Å². The molecule has 5 nitrogen and oxygen atoms in total. The molecule has 1 atom stereocenters. The summed E-state index contributed by atoms with van der Waals surface area (Å²) in [6, 6.07) is 0.524. The van der Waals surface area contributed by atoms with Crippen molar-refractivity contribution in [3.8, 4) is 0 Å². The number of nitrogens with one attached hydrogen (secondary N) is 1. The van der Waals surface area contributed by atoms with E-state index in [0.29, 0.717) is 12.6 Å². The highest BCUT2D eigenvalue weighted by Gasteiger charge is 2.20. The van der Waals surface area contributed by atoms with E-state index in [4.69, 9.17) is 5.11 Å². The Morgan fingerprint density at radius 1 is 1.59 bits per heavy atom. The Morgan fingerprint density at radius 2 is 2.47 bits per heavy atom. The van der Waals surface area contributed by atoms with Crippen LogP contribution in [0.1, 0.15) is 25.6 Å². The molecule has 2 heterocycles. The Labute approximate surface area is 106 Å². The second-order valence-electron chi connectivity index (χ2n) is 4.31. The number of aryl methyl sites for hydroxylation is 1. The molecule has 0 aromatic carbocycles. The molecular weight excluding hydrogens is 236 g/mol. The van der Waals surface area contributed by atoms with Crippen LogP contribution in [0.2, 0.25) is 0 Å². The van der Waals surface area contributed by atoms with Crippen LogP contribution >= 0.6 is 11.5 Å². The van der Waals surface area contributed by atoms with E-state index >= 15 is 0 Å². The highest BCUT2D eigenvalue weighted by Crippen LogP contribution is 2.19. The second-order valence-corrected chi connectivity index (χ2v) is 5.04. The summed E-state index contributed by atoms with van der Waals surface area (Å²) in [4.78, 5) is 6.62. The highest BCUT2D eigenvalue weighted by atomic mass is 32.1. The SMILES string of the molecule is CCc1nsc(N(CCO)CC2CCCN2)n1. The molecule has 1 aliphatic rings. The average Bonchev–Trinajstić information content (AvgIpc) is 2.99. The number of anilines is 1. The summed E-state index contributed by atoms with van der Waals surface area (Å²) >= 11 is 1.43. The van der Waals surface area contributed by atoms with Gasteiger partial charge in [0.1, 0.15) is 5.82 Å². The van der Waals surface area contributed by atoms with Crippen LogP contribution in [0, 0.1) is 0 Å². The summed E-state index contributed by atoms with van der Waals surface area (Å²) in [7, 11) is 0. The lowest BCUT2D eigenvalue weighted by molar-refractivity contribution is 0.300. The number of aliphatic hydroxyl groups is 1. The Balaban J connectivity index is 1.99. The van der Waals surface area contributed by atoms with Gasteiger partial charge in [-0.2, -0.15) is 4.37 Å². The molecule has 1 fully saturated rings. The van der Waals surface area contributed by atoms with Gasteiger partial charge in [0.2, 0.25) is 5.13 Å². The Bertz CT molecular complexity index is 338. The monoisotopic (exact) mass is 256 g/mol. The van der Waals surface area contributed by atoms with E-state index in [9.17, 15) is 0 Å². The summed E-state index contributed by atoms with van der Waals surface area (Å²) in [6.07, 6.45) is 3.32. The minimum absolute atomic E-state index is 0.160. The maximum atomic E-state index is 9.13. The van der Waals surface area contributed by atoms with Crippen molar-refractivity contribution in [2.24, 2.45) is 0 Å². The molecule has 1 unspecified atom stereocenters. The molecule has 0 spiro atoms. The third-order valence-electron chi connectivity index (χ3n) is 3.02. The molecule has 1 saturated heterocycles. The van der Waals surface area contributed by atoms with Crippen LogP contribution in [-0.4, -0.2) is 46.7 Å². The number of hydrogen-bond acceptors (Lipinski definition) is 6. The van der Waals surface area contributed by atoms with Gasteiger partial charge in [-0.15, -0.1) is 0 Å². The van der Waals surface area contributed by atoms with Crippen molar-refractivity contribution in [3.63, 3.8) is 0 Å². The molecule has 0 bridgehead atoms. The minimum atomic E-state index is 0.160. The standard InChI is InChI=1S/C11H20N4OS/c1-2-10-13-11(17-14-10)15(6-7-16)8-9-4-3-5-12-9/h9,12,16H,2-8H2,1H3. The third kappa shape index (κ3) is 3.37. The molecule has 0 radical (unpaired) electrons. The van der Waals surface area contributed by atoms with Crippen LogP contribution in [0.5, 0.6) is 0 Å². The fraction of sp³-hybridized carbons (Fsp3) is 0.818. The Hall–Kier alpha value is -0.720. The summed E-state index contributed by atoms with van der Waals surface area (Å²) in [5, 5.41) is 13.5. The molecule has 96 valence electrons. The first kappa shape index (κ1) is 12.7. The van der Waals surface area contributed by atoms with E-state index in [-0.39, 0.29) is 6.61 Å². The molecule has 1 aromatic heterocycles. The van der Waals surface area contributed by atoms with Gasteiger partial charge in [0.25, 0.3) is 0 Å². The number of nitrogens with zero attached hydrogens (tertiary/aromatic N) is 3. The normalized spacial score (nSPS) is 19.8. The predicted molar refractivity (Wildman–Crippen MR) is 69.6 cm³/mol. The maximum Gasteiger partial charge on any atom is 0.205 e. The minimum Gasteiger partial charge on any atom is -0.395 e. The first-order valence-corrected chi connectivity index (χ1v) is 7.02. The average molecular weight is 256 g/mol. The predicted octanol–water partition coefficient (Wildman–Crippen LogP) is 0.651. The third-order valence-corrected chi connectivity index (χ3v) is 3.83. The zero-order chi connectivity index (χ0) is 12.1. The molecule has 2 rings (SSSR count). The number of aliphatic hydroxyl groups excluding tert-OH is 1. The van der Waals surface area contributed by atoms with Crippen LogP contribution in [0.4, 0.5) is 5.13 Å². The van der Waals surface area contributed by atoms with Crippen molar-refractivity contribution in [3.05, 3.63) is 5.82 Å². The van der Waals surface area contributed by atoms with Gasteiger partial charge in [0.05, 0.1) is 6.61 Å². The summed E-state index contributed by atoms with van der Waals surface area (Å²) in [5.41, 5.74) is 0. The molecule has 0 saturated carbocycles. The first-order chi connectivity index (χ1) is 8.33. The highest BCUT2D eigenvalue weighted by molar-refractivity contribution is 7.09. The van der Waals surface area contributed by atoms with E-state index in [0.717, 1.165) is 30.5 Å². The Morgan fingerprint density at radius 3 is 3.06 bits per heavy atom. The van der Waals surface area contributed by atoms with Gasteiger partial charge in [-0.05, 0) is 19.4 Å². The zero-order valence-electron chi connectivity index (χ0n) is 10.2. The Kier molecular flexibility index (Phi) is 4.70. The molecular formula is C11H20N4OS. The topological polar surface area (TPSA) is 61.3 Å².